The van der Waals surface area contributed by atoms with E-state index in [2.05, 4.69) is 140 Å². The fraction of sp³-hybridized carbons (Fsp3) is 0.312. The molecular formula is C32H40Cl2SiZr-2. The molecule has 0 heterocycles. The third kappa shape index (κ3) is 10.3. The third-order valence-corrected chi connectivity index (χ3v) is 21.8. The van der Waals surface area contributed by atoms with E-state index in [4.69, 9.17) is 17.0 Å². The van der Waals surface area contributed by atoms with Crippen LogP contribution in [-0.4, -0.2) is 5.43 Å². The van der Waals surface area contributed by atoms with Gasteiger partial charge < -0.3 is 0 Å². The quantitative estimate of drug-likeness (QED) is 0.156. The SMILES string of the molecule is Cc1cc(C(C)(C)C)c[cH-]1.Cc1cc(C(C)(C)C)c[cH-]1.[Cl][Zr]([Cl])=[Si](c1ccccc1)c1ccccc1. The molecular weight excluding hydrogens is 575 g/mol. The van der Waals surface area contributed by atoms with E-state index in [-0.39, 0.29) is 0 Å². The molecule has 0 unspecified atom stereocenters. The van der Waals surface area contributed by atoms with E-state index in [9.17, 15) is 0 Å². The Kier molecular flexibility index (Phi) is 12.2. The Morgan fingerprint density at radius 1 is 0.611 bits per heavy atom. The van der Waals surface area contributed by atoms with Gasteiger partial charge in [-0.15, -0.1) is 0 Å². The second kappa shape index (κ2) is 14.1. The first-order valence-corrected chi connectivity index (χ1v) is 23.9. The molecule has 0 radical (unpaired) electrons. The molecule has 0 aliphatic heterocycles. The van der Waals surface area contributed by atoms with Crippen LogP contribution in [0.3, 0.4) is 0 Å². The van der Waals surface area contributed by atoms with Crippen molar-refractivity contribution in [2.24, 2.45) is 0 Å². The van der Waals surface area contributed by atoms with Crippen LogP contribution < -0.4 is 10.4 Å². The van der Waals surface area contributed by atoms with Crippen LogP contribution in [-0.2, 0) is 28.8 Å². The van der Waals surface area contributed by atoms with Crippen LogP contribution in [0.25, 0.3) is 0 Å². The van der Waals surface area contributed by atoms with Gasteiger partial charge in [0.1, 0.15) is 0 Å². The Bertz CT molecular complexity index is 1120. The first-order valence-electron chi connectivity index (χ1n) is 12.4. The van der Waals surface area contributed by atoms with Gasteiger partial charge in [0, 0.05) is 0 Å². The fourth-order valence-corrected chi connectivity index (χ4v) is 18.9. The van der Waals surface area contributed by atoms with Gasteiger partial charge in [0.2, 0.25) is 0 Å². The van der Waals surface area contributed by atoms with E-state index in [0.29, 0.717) is 10.8 Å². The number of benzene rings is 2. The fourth-order valence-electron chi connectivity index (χ4n) is 3.65. The zero-order chi connectivity index (χ0) is 26.9. The molecule has 0 spiro atoms. The van der Waals surface area contributed by atoms with Crippen LogP contribution in [0.2, 0.25) is 0 Å². The first kappa shape index (κ1) is 31.0. The summed E-state index contributed by atoms with van der Waals surface area (Å²) >= 11 is -2.26. The van der Waals surface area contributed by atoms with Crippen molar-refractivity contribution in [1.82, 2.24) is 0 Å². The first-order chi connectivity index (χ1) is 16.8. The molecule has 192 valence electrons. The Morgan fingerprint density at radius 2 is 0.944 bits per heavy atom. The van der Waals surface area contributed by atoms with E-state index in [1.165, 1.54) is 32.6 Å². The second-order valence-electron chi connectivity index (χ2n) is 11.2. The predicted octanol–water partition coefficient (Wildman–Crippen LogP) is 8.74. The zero-order valence-corrected chi connectivity index (χ0v) is 28.0. The minimum absolute atomic E-state index is 0.314. The molecule has 36 heavy (non-hydrogen) atoms. The number of hydrogen-bond acceptors (Lipinski definition) is 0. The average Bonchev–Trinajstić information content (AvgIpc) is 3.44. The van der Waals surface area contributed by atoms with Crippen LogP contribution in [0.4, 0.5) is 0 Å². The molecule has 0 amide bonds. The molecule has 0 saturated carbocycles. The molecule has 4 heteroatoms. The summed E-state index contributed by atoms with van der Waals surface area (Å²) in [5.41, 5.74) is 5.34. The zero-order valence-electron chi connectivity index (χ0n) is 23.0. The minimum atomic E-state index is -2.26. The summed E-state index contributed by atoms with van der Waals surface area (Å²) in [5, 5.41) is 2.66. The number of hydrogen-bond donors (Lipinski definition) is 0. The van der Waals surface area contributed by atoms with Crippen molar-refractivity contribution in [3.05, 3.63) is 119 Å². The van der Waals surface area contributed by atoms with Gasteiger partial charge in [-0.2, -0.15) is 46.5 Å². The number of halogens is 2. The number of aryl methyl sites for hydroxylation is 2. The maximum atomic E-state index is 6.32. The maximum absolute atomic E-state index is 6.32. The van der Waals surface area contributed by atoms with Crippen molar-refractivity contribution in [2.45, 2.75) is 66.2 Å². The summed E-state index contributed by atoms with van der Waals surface area (Å²) < 4.78 is 0. The summed E-state index contributed by atoms with van der Waals surface area (Å²) in [6.45, 7) is 17.7. The molecule has 0 atom stereocenters. The van der Waals surface area contributed by atoms with Crippen molar-refractivity contribution in [3.63, 3.8) is 0 Å². The van der Waals surface area contributed by atoms with Crippen LogP contribution in [0, 0.1) is 13.8 Å². The van der Waals surface area contributed by atoms with Crippen LogP contribution >= 0.6 is 17.0 Å². The van der Waals surface area contributed by atoms with Gasteiger partial charge in [0.15, 0.2) is 0 Å². The topological polar surface area (TPSA) is 0 Å². The molecule has 0 N–H and O–H groups in total. The van der Waals surface area contributed by atoms with Gasteiger partial charge in [-0.3, -0.25) is 0 Å². The van der Waals surface area contributed by atoms with E-state index in [1.807, 2.05) is 12.1 Å². The van der Waals surface area contributed by atoms with E-state index in [0.717, 1.165) is 0 Å². The summed E-state index contributed by atoms with van der Waals surface area (Å²) in [4.78, 5) is 0. The molecule has 4 aromatic rings. The van der Waals surface area contributed by atoms with Gasteiger partial charge in [0.05, 0.1) is 0 Å². The van der Waals surface area contributed by atoms with Crippen LogP contribution in [0.15, 0.2) is 97.1 Å². The van der Waals surface area contributed by atoms with E-state index >= 15 is 0 Å². The standard InChI is InChI=1S/C12H10Si.2C10H15.2ClH.Zr/c1-3-7-11(8-4-1)13-12-9-5-2-6-10-12;2*1-8-5-6-9(7-8)10(2,3)4;;;/h1-10H;2*5-7H,1-4H3;2*1H;/q;2*-1;;;+2/p-2. The molecule has 0 aliphatic rings. The molecule has 0 bridgehead atoms. The van der Waals surface area contributed by atoms with E-state index in [1.54, 1.807) is 0 Å². The molecule has 0 fully saturated rings. The monoisotopic (exact) mass is 612 g/mol. The van der Waals surface area contributed by atoms with Crippen LogP contribution in [0.5, 0.6) is 0 Å². The van der Waals surface area contributed by atoms with Crippen molar-refractivity contribution >= 4 is 32.8 Å². The Hall–Kier alpha value is -1.18. The summed E-state index contributed by atoms with van der Waals surface area (Å²) in [6.07, 6.45) is 0. The molecule has 0 saturated heterocycles. The van der Waals surface area contributed by atoms with Gasteiger partial charge >= 0.3 is 111 Å². The van der Waals surface area contributed by atoms with Crippen molar-refractivity contribution in [1.29, 1.82) is 0 Å². The normalized spacial score (nSPS) is 11.1. The Morgan fingerprint density at radius 3 is 1.14 bits per heavy atom. The van der Waals surface area contributed by atoms with Gasteiger partial charge in [-0.05, 0) is 0 Å². The van der Waals surface area contributed by atoms with Crippen molar-refractivity contribution in [2.75, 3.05) is 0 Å². The molecule has 4 aromatic carbocycles. The van der Waals surface area contributed by atoms with E-state index < -0.39 is 23.4 Å². The molecule has 0 aliphatic carbocycles. The van der Waals surface area contributed by atoms with Crippen LogP contribution in [0.1, 0.15) is 63.8 Å². The Labute approximate surface area is 234 Å². The molecule has 0 aromatic heterocycles. The van der Waals surface area contributed by atoms with Gasteiger partial charge in [-0.1, -0.05) is 66.2 Å². The predicted molar refractivity (Wildman–Crippen MR) is 161 cm³/mol. The second-order valence-corrected chi connectivity index (χ2v) is 30.4. The summed E-state index contributed by atoms with van der Waals surface area (Å²) in [7, 11) is 12.6. The Balaban J connectivity index is 0.000000200. The van der Waals surface area contributed by atoms with Gasteiger partial charge in [0.25, 0.3) is 0 Å². The number of rotatable bonds is 2. The van der Waals surface area contributed by atoms with Gasteiger partial charge in [-0.25, -0.2) is 12.1 Å². The third-order valence-electron chi connectivity index (χ3n) is 5.86. The summed E-state index contributed by atoms with van der Waals surface area (Å²) in [5.74, 6) is 0. The van der Waals surface area contributed by atoms with Crippen molar-refractivity contribution < 1.29 is 18.0 Å². The average molecular weight is 615 g/mol. The van der Waals surface area contributed by atoms with Crippen molar-refractivity contribution in [3.8, 4) is 0 Å². The molecule has 0 nitrogen and oxygen atoms in total. The molecule has 4 rings (SSSR count). The summed E-state index contributed by atoms with van der Waals surface area (Å²) in [6, 6.07) is 34.1.